The molecule has 1 aromatic heterocycles. The largest absolute Gasteiger partial charge is 0.379 e. The number of ether oxygens (including phenoxy) is 1. The Morgan fingerprint density at radius 1 is 1.15 bits per heavy atom. The zero-order valence-electron chi connectivity index (χ0n) is 15.4. The summed E-state index contributed by atoms with van der Waals surface area (Å²) >= 11 is 1.80. The van der Waals surface area contributed by atoms with E-state index in [1.54, 1.807) is 11.3 Å². The van der Waals surface area contributed by atoms with Crippen molar-refractivity contribution in [1.29, 1.82) is 0 Å². The van der Waals surface area contributed by atoms with Crippen LogP contribution in [0, 0.1) is 0 Å². The van der Waals surface area contributed by atoms with Gasteiger partial charge < -0.3 is 15.4 Å². The maximum absolute atomic E-state index is 5.42. The second-order valence-electron chi connectivity index (χ2n) is 6.39. The molecule has 5 nitrogen and oxygen atoms in total. The Morgan fingerprint density at radius 2 is 2.00 bits per heavy atom. The minimum Gasteiger partial charge on any atom is -0.379 e. The number of guanidine groups is 1. The molecule has 0 atom stereocenters. The van der Waals surface area contributed by atoms with Crippen LogP contribution < -0.4 is 10.6 Å². The molecule has 1 aromatic carbocycles. The van der Waals surface area contributed by atoms with Gasteiger partial charge in [-0.05, 0) is 29.0 Å². The number of aliphatic imine (C=N–C) groups is 1. The van der Waals surface area contributed by atoms with Crippen LogP contribution in [-0.4, -0.2) is 50.8 Å². The number of rotatable bonds is 7. The van der Waals surface area contributed by atoms with Gasteiger partial charge in [-0.15, -0.1) is 11.3 Å². The molecule has 6 heteroatoms. The Bertz CT molecular complexity index is 681. The molecular formula is C20H28N4OS. The second kappa shape index (κ2) is 10.3. The zero-order chi connectivity index (χ0) is 18.0. The highest BCUT2D eigenvalue weighted by Gasteiger charge is 2.10. The summed E-state index contributed by atoms with van der Waals surface area (Å²) in [6.45, 7) is 6.37. The number of benzene rings is 1. The summed E-state index contributed by atoms with van der Waals surface area (Å²) in [5.41, 5.74) is 2.63. The molecule has 1 aliphatic heterocycles. The van der Waals surface area contributed by atoms with E-state index in [9.17, 15) is 0 Å². The molecule has 0 bridgehead atoms. The van der Waals surface area contributed by atoms with E-state index in [1.807, 2.05) is 7.05 Å². The van der Waals surface area contributed by atoms with Crippen LogP contribution in [-0.2, 0) is 24.2 Å². The quantitative estimate of drug-likeness (QED) is 0.579. The lowest BCUT2D eigenvalue weighted by Gasteiger charge is -2.26. The van der Waals surface area contributed by atoms with Crippen LogP contribution in [0.4, 0.5) is 0 Å². The predicted octanol–water partition coefficient (Wildman–Crippen LogP) is 2.49. The Kier molecular flexibility index (Phi) is 7.49. The van der Waals surface area contributed by atoms with Crippen LogP contribution in [0.2, 0.25) is 0 Å². The molecular weight excluding hydrogens is 344 g/mol. The van der Waals surface area contributed by atoms with Crippen molar-refractivity contribution in [2.45, 2.75) is 19.5 Å². The van der Waals surface area contributed by atoms with Crippen LogP contribution in [0.3, 0.4) is 0 Å². The molecule has 0 amide bonds. The van der Waals surface area contributed by atoms with Crippen molar-refractivity contribution >= 4 is 17.3 Å². The van der Waals surface area contributed by atoms with E-state index in [2.05, 4.69) is 62.3 Å². The Morgan fingerprint density at radius 3 is 2.77 bits per heavy atom. The summed E-state index contributed by atoms with van der Waals surface area (Å²) < 4.78 is 5.42. The van der Waals surface area contributed by atoms with E-state index in [-0.39, 0.29) is 0 Å². The summed E-state index contributed by atoms with van der Waals surface area (Å²) in [7, 11) is 1.81. The standard InChI is InChI=1S/C20H28N4OS/c1-21-20(22-8-7-19-6-3-13-26-19)23-15-17-4-2-5-18(14-17)16-24-9-11-25-12-10-24/h2-6,13-14H,7-12,15-16H2,1H3,(H2,21,22,23). The Balaban J connectivity index is 1.44. The Labute approximate surface area is 160 Å². The van der Waals surface area contributed by atoms with Gasteiger partial charge in [0.15, 0.2) is 5.96 Å². The van der Waals surface area contributed by atoms with Gasteiger partial charge in [-0.25, -0.2) is 0 Å². The number of morpholine rings is 1. The highest BCUT2D eigenvalue weighted by molar-refractivity contribution is 7.09. The van der Waals surface area contributed by atoms with Crippen molar-refractivity contribution in [3.05, 3.63) is 57.8 Å². The topological polar surface area (TPSA) is 48.9 Å². The van der Waals surface area contributed by atoms with Gasteiger partial charge in [0.25, 0.3) is 0 Å². The fourth-order valence-corrected chi connectivity index (χ4v) is 3.73. The van der Waals surface area contributed by atoms with Crippen molar-refractivity contribution < 1.29 is 4.74 Å². The number of nitrogens with one attached hydrogen (secondary N) is 2. The van der Waals surface area contributed by atoms with E-state index in [0.29, 0.717) is 0 Å². The first-order valence-electron chi connectivity index (χ1n) is 9.18. The van der Waals surface area contributed by atoms with Crippen molar-refractivity contribution in [3.63, 3.8) is 0 Å². The van der Waals surface area contributed by atoms with Gasteiger partial charge in [-0.3, -0.25) is 9.89 Å². The summed E-state index contributed by atoms with van der Waals surface area (Å²) in [5.74, 6) is 0.847. The van der Waals surface area contributed by atoms with Gasteiger partial charge in [-0.2, -0.15) is 0 Å². The first-order valence-corrected chi connectivity index (χ1v) is 10.1. The van der Waals surface area contributed by atoms with Gasteiger partial charge in [0.05, 0.1) is 13.2 Å². The summed E-state index contributed by atoms with van der Waals surface area (Å²) in [4.78, 5) is 8.15. The average molecular weight is 373 g/mol. The SMILES string of the molecule is CN=C(NCCc1cccs1)NCc1cccc(CN2CCOCC2)c1. The molecule has 0 unspecified atom stereocenters. The van der Waals surface area contributed by atoms with E-state index in [4.69, 9.17) is 4.74 Å². The van der Waals surface area contributed by atoms with E-state index in [0.717, 1.165) is 58.3 Å². The van der Waals surface area contributed by atoms with Crippen LogP contribution in [0.1, 0.15) is 16.0 Å². The van der Waals surface area contributed by atoms with Crippen molar-refractivity contribution in [2.24, 2.45) is 4.99 Å². The molecule has 0 radical (unpaired) electrons. The minimum atomic E-state index is 0.773. The fraction of sp³-hybridized carbons (Fsp3) is 0.450. The lowest BCUT2D eigenvalue weighted by atomic mass is 10.1. The second-order valence-corrected chi connectivity index (χ2v) is 7.42. The fourth-order valence-electron chi connectivity index (χ4n) is 3.02. The summed E-state index contributed by atoms with van der Waals surface area (Å²) in [5, 5.41) is 8.90. The highest BCUT2D eigenvalue weighted by atomic mass is 32.1. The molecule has 1 fully saturated rings. The third-order valence-electron chi connectivity index (χ3n) is 4.43. The van der Waals surface area contributed by atoms with Gasteiger partial charge in [-0.1, -0.05) is 30.3 Å². The maximum Gasteiger partial charge on any atom is 0.191 e. The summed E-state index contributed by atoms with van der Waals surface area (Å²) in [6.07, 6.45) is 1.02. The van der Waals surface area contributed by atoms with Crippen LogP contribution in [0.25, 0.3) is 0 Å². The van der Waals surface area contributed by atoms with Crippen molar-refractivity contribution in [2.75, 3.05) is 39.9 Å². The highest BCUT2D eigenvalue weighted by Crippen LogP contribution is 2.10. The molecule has 2 N–H and O–H groups in total. The van der Waals surface area contributed by atoms with Gasteiger partial charge in [0.1, 0.15) is 0 Å². The van der Waals surface area contributed by atoms with E-state index >= 15 is 0 Å². The van der Waals surface area contributed by atoms with Gasteiger partial charge in [0, 0.05) is 44.6 Å². The number of nitrogens with zero attached hydrogens (tertiary/aromatic N) is 2. The molecule has 1 aliphatic rings. The number of thiophene rings is 1. The lowest BCUT2D eigenvalue weighted by Crippen LogP contribution is -2.37. The number of hydrogen-bond donors (Lipinski definition) is 2. The van der Waals surface area contributed by atoms with Crippen LogP contribution in [0.5, 0.6) is 0 Å². The molecule has 1 saturated heterocycles. The van der Waals surface area contributed by atoms with Crippen molar-refractivity contribution in [3.8, 4) is 0 Å². The zero-order valence-corrected chi connectivity index (χ0v) is 16.2. The number of hydrogen-bond acceptors (Lipinski definition) is 4. The first-order chi connectivity index (χ1) is 12.8. The summed E-state index contributed by atoms with van der Waals surface area (Å²) in [6, 6.07) is 13.0. The third kappa shape index (κ3) is 6.12. The van der Waals surface area contributed by atoms with Crippen molar-refractivity contribution in [1.82, 2.24) is 15.5 Å². The third-order valence-corrected chi connectivity index (χ3v) is 5.36. The molecule has 140 valence electrons. The molecule has 0 aliphatic carbocycles. The van der Waals surface area contributed by atoms with Crippen LogP contribution in [0.15, 0.2) is 46.8 Å². The smallest absolute Gasteiger partial charge is 0.191 e. The Hall–Kier alpha value is -1.89. The normalized spacial score (nSPS) is 15.8. The lowest BCUT2D eigenvalue weighted by molar-refractivity contribution is 0.0342. The van der Waals surface area contributed by atoms with Gasteiger partial charge >= 0.3 is 0 Å². The molecule has 2 heterocycles. The average Bonchev–Trinajstić information content (AvgIpc) is 3.19. The molecule has 3 rings (SSSR count). The van der Waals surface area contributed by atoms with E-state index in [1.165, 1.54) is 16.0 Å². The van der Waals surface area contributed by atoms with E-state index < -0.39 is 0 Å². The molecule has 26 heavy (non-hydrogen) atoms. The molecule has 0 spiro atoms. The predicted molar refractivity (Wildman–Crippen MR) is 109 cm³/mol. The van der Waals surface area contributed by atoms with Crippen LogP contribution >= 0.6 is 11.3 Å². The minimum absolute atomic E-state index is 0.773. The van der Waals surface area contributed by atoms with Gasteiger partial charge in [0.2, 0.25) is 0 Å². The molecule has 0 saturated carbocycles. The monoisotopic (exact) mass is 372 g/mol. The first kappa shape index (κ1) is 18.9. The maximum atomic E-state index is 5.42. The molecule has 2 aromatic rings.